The molecule has 1 aromatic rings. The number of ether oxygens (including phenoxy) is 4. The fourth-order valence-corrected chi connectivity index (χ4v) is 1.99. The van der Waals surface area contributed by atoms with Gasteiger partial charge in [0.15, 0.2) is 0 Å². The predicted molar refractivity (Wildman–Crippen MR) is 87.1 cm³/mol. The number of rotatable bonds is 14. The van der Waals surface area contributed by atoms with Crippen molar-refractivity contribution in [2.24, 2.45) is 5.73 Å². The van der Waals surface area contributed by atoms with Crippen molar-refractivity contribution in [2.45, 2.75) is 13.3 Å². The molecule has 0 bridgehead atoms. The summed E-state index contributed by atoms with van der Waals surface area (Å²) in [6.45, 7) is 5.68. The van der Waals surface area contributed by atoms with Gasteiger partial charge < -0.3 is 24.7 Å². The van der Waals surface area contributed by atoms with E-state index in [2.05, 4.69) is 0 Å². The van der Waals surface area contributed by atoms with E-state index in [0.717, 1.165) is 0 Å². The van der Waals surface area contributed by atoms with Crippen LogP contribution >= 0.6 is 0 Å². The summed E-state index contributed by atoms with van der Waals surface area (Å²) in [7, 11) is 0. The van der Waals surface area contributed by atoms with Crippen molar-refractivity contribution in [3.63, 3.8) is 0 Å². The van der Waals surface area contributed by atoms with Crippen molar-refractivity contribution in [1.29, 1.82) is 0 Å². The van der Waals surface area contributed by atoms with Gasteiger partial charge in [-0.3, -0.25) is 0 Å². The van der Waals surface area contributed by atoms with Gasteiger partial charge in [0.05, 0.1) is 52.9 Å². The first-order chi connectivity index (χ1) is 11.6. The lowest BCUT2D eigenvalue weighted by Crippen LogP contribution is -2.14. The Labute approximate surface area is 142 Å². The molecular formula is C17H27F2NO4. The quantitative estimate of drug-likeness (QED) is 0.520. The summed E-state index contributed by atoms with van der Waals surface area (Å²) in [4.78, 5) is 0. The molecule has 0 fully saturated rings. The van der Waals surface area contributed by atoms with Crippen LogP contribution in [-0.2, 0) is 25.4 Å². The van der Waals surface area contributed by atoms with Gasteiger partial charge in [0.2, 0.25) is 0 Å². The molecule has 0 spiro atoms. The van der Waals surface area contributed by atoms with Crippen molar-refractivity contribution in [3.8, 4) is 0 Å². The molecule has 0 heterocycles. The molecule has 0 aromatic heterocycles. The second-order valence-corrected chi connectivity index (χ2v) is 5.20. The second kappa shape index (κ2) is 13.2. The molecule has 0 saturated heterocycles. The number of nitrogens with two attached hydrogens (primary N) is 1. The highest BCUT2D eigenvalue weighted by Crippen LogP contribution is 2.15. The summed E-state index contributed by atoms with van der Waals surface area (Å²) in [5.41, 5.74) is 5.91. The maximum atomic E-state index is 13.6. The smallest absolute Gasteiger partial charge is 0.129 e. The predicted octanol–water partition coefficient (Wildman–Crippen LogP) is 1.84. The Hall–Kier alpha value is -1.12. The third-order valence-corrected chi connectivity index (χ3v) is 3.16. The van der Waals surface area contributed by atoms with Crippen LogP contribution in [0.1, 0.15) is 11.1 Å². The van der Waals surface area contributed by atoms with Gasteiger partial charge in [-0.25, -0.2) is 8.78 Å². The molecule has 1 rings (SSSR count). The lowest BCUT2D eigenvalue weighted by molar-refractivity contribution is -0.000751. The minimum absolute atomic E-state index is 0.0618. The van der Waals surface area contributed by atoms with E-state index in [0.29, 0.717) is 58.4 Å². The molecule has 7 heteroatoms. The van der Waals surface area contributed by atoms with Gasteiger partial charge in [-0.15, -0.1) is 0 Å². The molecule has 2 N–H and O–H groups in total. The molecule has 5 nitrogen and oxygen atoms in total. The van der Waals surface area contributed by atoms with Crippen LogP contribution in [0.3, 0.4) is 0 Å². The summed E-state index contributed by atoms with van der Waals surface area (Å²) < 4.78 is 48.3. The van der Waals surface area contributed by atoms with Gasteiger partial charge >= 0.3 is 0 Å². The highest BCUT2D eigenvalue weighted by Gasteiger charge is 2.09. The topological polar surface area (TPSA) is 62.9 Å². The van der Waals surface area contributed by atoms with Crippen LogP contribution in [0.4, 0.5) is 8.78 Å². The van der Waals surface area contributed by atoms with E-state index in [4.69, 9.17) is 24.7 Å². The third-order valence-electron chi connectivity index (χ3n) is 3.16. The fraction of sp³-hybridized carbons (Fsp3) is 0.647. The zero-order chi connectivity index (χ0) is 17.6. The molecule has 0 unspecified atom stereocenters. The monoisotopic (exact) mass is 347 g/mol. The van der Waals surface area contributed by atoms with E-state index in [9.17, 15) is 8.78 Å². The SMILES string of the molecule is Cc1cc(F)c(CCOCCOCCOCCOCCN)c(F)c1. The summed E-state index contributed by atoms with van der Waals surface area (Å²) >= 11 is 0. The largest absolute Gasteiger partial charge is 0.379 e. The van der Waals surface area contributed by atoms with Gasteiger partial charge in [0.1, 0.15) is 11.6 Å². The first-order valence-corrected chi connectivity index (χ1v) is 8.10. The molecule has 0 atom stereocenters. The normalized spacial score (nSPS) is 11.2. The van der Waals surface area contributed by atoms with Gasteiger partial charge in [-0.05, 0) is 24.6 Å². The maximum absolute atomic E-state index is 13.6. The maximum Gasteiger partial charge on any atom is 0.129 e. The molecular weight excluding hydrogens is 320 g/mol. The number of benzene rings is 1. The van der Waals surface area contributed by atoms with Crippen LogP contribution in [0, 0.1) is 18.6 Å². The van der Waals surface area contributed by atoms with Gasteiger partial charge in [0.25, 0.3) is 0 Å². The fourth-order valence-electron chi connectivity index (χ4n) is 1.99. The van der Waals surface area contributed by atoms with Gasteiger partial charge in [-0.1, -0.05) is 0 Å². The van der Waals surface area contributed by atoms with Crippen molar-refractivity contribution < 1.29 is 27.7 Å². The van der Waals surface area contributed by atoms with E-state index < -0.39 is 11.6 Å². The summed E-state index contributed by atoms with van der Waals surface area (Å²) in [5.74, 6) is -1.06. The summed E-state index contributed by atoms with van der Waals surface area (Å²) in [6, 6.07) is 2.64. The zero-order valence-corrected chi connectivity index (χ0v) is 14.2. The number of halogens is 2. The highest BCUT2D eigenvalue weighted by molar-refractivity contribution is 5.25. The van der Waals surface area contributed by atoms with E-state index in [1.54, 1.807) is 6.92 Å². The number of aryl methyl sites for hydroxylation is 1. The van der Waals surface area contributed by atoms with Gasteiger partial charge in [-0.2, -0.15) is 0 Å². The lowest BCUT2D eigenvalue weighted by Gasteiger charge is -2.08. The molecule has 0 amide bonds. The average molecular weight is 347 g/mol. The molecule has 24 heavy (non-hydrogen) atoms. The van der Waals surface area contributed by atoms with Crippen molar-refractivity contribution in [2.75, 3.05) is 59.4 Å². The summed E-state index contributed by atoms with van der Waals surface area (Å²) in [6.07, 6.45) is 0.198. The van der Waals surface area contributed by atoms with E-state index in [1.165, 1.54) is 12.1 Å². The van der Waals surface area contributed by atoms with Gasteiger partial charge in [0, 0.05) is 18.5 Å². The number of hydrogen-bond acceptors (Lipinski definition) is 5. The molecule has 0 saturated carbocycles. The molecule has 0 aliphatic rings. The summed E-state index contributed by atoms with van der Waals surface area (Å²) in [5, 5.41) is 0. The van der Waals surface area contributed by atoms with E-state index in [-0.39, 0.29) is 18.6 Å². The zero-order valence-electron chi connectivity index (χ0n) is 14.2. The Morgan fingerprint density at radius 2 is 1.17 bits per heavy atom. The van der Waals surface area contributed by atoms with E-state index >= 15 is 0 Å². The standard InChI is InChI=1S/C17H27F2NO4/c1-14-12-16(18)15(17(19)13-14)2-4-21-6-8-23-10-11-24-9-7-22-5-3-20/h12-13H,2-11,20H2,1H3. The second-order valence-electron chi connectivity index (χ2n) is 5.20. The Bertz CT molecular complexity index is 437. The van der Waals surface area contributed by atoms with Crippen LogP contribution in [0.5, 0.6) is 0 Å². The minimum Gasteiger partial charge on any atom is -0.379 e. The van der Waals surface area contributed by atoms with Crippen molar-refractivity contribution in [1.82, 2.24) is 0 Å². The van der Waals surface area contributed by atoms with Crippen molar-refractivity contribution >= 4 is 0 Å². The Kier molecular flexibility index (Phi) is 11.5. The van der Waals surface area contributed by atoms with Crippen LogP contribution in [-0.4, -0.2) is 59.4 Å². The Balaban J connectivity index is 1.94. The van der Waals surface area contributed by atoms with Crippen LogP contribution in [0.15, 0.2) is 12.1 Å². The first kappa shape index (κ1) is 20.9. The first-order valence-electron chi connectivity index (χ1n) is 8.10. The third kappa shape index (κ3) is 9.24. The minimum atomic E-state index is -0.528. The van der Waals surface area contributed by atoms with Crippen LogP contribution < -0.4 is 5.73 Å². The van der Waals surface area contributed by atoms with E-state index in [1.807, 2.05) is 0 Å². The Morgan fingerprint density at radius 3 is 1.62 bits per heavy atom. The molecule has 138 valence electrons. The Morgan fingerprint density at radius 1 is 0.750 bits per heavy atom. The lowest BCUT2D eigenvalue weighted by atomic mass is 10.1. The number of hydrogen-bond donors (Lipinski definition) is 1. The molecule has 0 aliphatic carbocycles. The van der Waals surface area contributed by atoms with Crippen molar-refractivity contribution in [3.05, 3.63) is 34.9 Å². The van der Waals surface area contributed by atoms with Crippen LogP contribution in [0.2, 0.25) is 0 Å². The van der Waals surface area contributed by atoms with Crippen LogP contribution in [0.25, 0.3) is 0 Å². The average Bonchev–Trinajstić information content (AvgIpc) is 2.53. The molecule has 0 aliphatic heterocycles. The highest BCUT2D eigenvalue weighted by atomic mass is 19.1. The molecule has 0 radical (unpaired) electrons. The molecule has 1 aromatic carbocycles.